The van der Waals surface area contributed by atoms with Crippen molar-refractivity contribution in [2.24, 2.45) is 0 Å². The van der Waals surface area contributed by atoms with Crippen LogP contribution in [0.25, 0.3) is 0 Å². The summed E-state index contributed by atoms with van der Waals surface area (Å²) >= 11 is 0. The van der Waals surface area contributed by atoms with Crippen LogP contribution in [0, 0.1) is 0 Å². The Morgan fingerprint density at radius 2 is 2.00 bits per heavy atom. The minimum atomic E-state index is -0.378. The lowest BCUT2D eigenvalue weighted by Gasteiger charge is -2.26. The summed E-state index contributed by atoms with van der Waals surface area (Å²) in [5.41, 5.74) is 2.18. The predicted octanol–water partition coefficient (Wildman–Crippen LogP) is 2.20. The topological polar surface area (TPSA) is 29.5 Å². The number of rotatable bonds is 2. The molecular formula is C11H14O2. The van der Waals surface area contributed by atoms with E-state index >= 15 is 0 Å². The highest BCUT2D eigenvalue weighted by Crippen LogP contribution is 2.29. The Balaban J connectivity index is 2.13. The standard InChI is InChI=1S/C11H14O2/c1-8(12)9-2-4-10(5-3-9)11-6-7-13-11/h2-5,8,11-12H,6-7H2,1H3. The van der Waals surface area contributed by atoms with Crippen molar-refractivity contribution < 1.29 is 9.84 Å². The summed E-state index contributed by atoms with van der Waals surface area (Å²) in [4.78, 5) is 0. The fraction of sp³-hybridized carbons (Fsp3) is 0.455. The maximum absolute atomic E-state index is 9.29. The highest BCUT2D eigenvalue weighted by atomic mass is 16.5. The van der Waals surface area contributed by atoms with Gasteiger partial charge in [-0.1, -0.05) is 24.3 Å². The number of ether oxygens (including phenoxy) is 1. The highest BCUT2D eigenvalue weighted by molar-refractivity contribution is 5.26. The zero-order valence-corrected chi connectivity index (χ0v) is 7.73. The molecule has 2 heteroatoms. The Morgan fingerprint density at radius 3 is 2.38 bits per heavy atom. The highest BCUT2D eigenvalue weighted by Gasteiger charge is 2.19. The van der Waals surface area contributed by atoms with Gasteiger partial charge in [0.2, 0.25) is 0 Å². The van der Waals surface area contributed by atoms with Gasteiger partial charge in [0.05, 0.1) is 18.8 Å². The Labute approximate surface area is 78.2 Å². The molecule has 0 radical (unpaired) electrons. The van der Waals surface area contributed by atoms with Crippen molar-refractivity contribution in [1.29, 1.82) is 0 Å². The third-order valence-corrected chi connectivity index (χ3v) is 2.49. The van der Waals surface area contributed by atoms with Crippen LogP contribution in [0.4, 0.5) is 0 Å². The fourth-order valence-corrected chi connectivity index (χ4v) is 1.49. The van der Waals surface area contributed by atoms with Crippen LogP contribution in [-0.4, -0.2) is 11.7 Å². The van der Waals surface area contributed by atoms with E-state index in [2.05, 4.69) is 0 Å². The van der Waals surface area contributed by atoms with Crippen LogP contribution < -0.4 is 0 Å². The van der Waals surface area contributed by atoms with Gasteiger partial charge in [-0.15, -0.1) is 0 Å². The Bertz CT molecular complexity index is 273. The minimum absolute atomic E-state index is 0.294. The fourth-order valence-electron chi connectivity index (χ4n) is 1.49. The molecule has 1 saturated heterocycles. The SMILES string of the molecule is CC(O)c1ccc(C2CCO2)cc1. The zero-order valence-electron chi connectivity index (χ0n) is 7.73. The summed E-state index contributed by atoms with van der Waals surface area (Å²) in [6, 6.07) is 7.99. The molecule has 1 aliphatic rings. The summed E-state index contributed by atoms with van der Waals surface area (Å²) in [6.45, 7) is 2.65. The first-order chi connectivity index (χ1) is 6.27. The van der Waals surface area contributed by atoms with E-state index in [1.54, 1.807) is 6.92 Å². The minimum Gasteiger partial charge on any atom is -0.389 e. The van der Waals surface area contributed by atoms with Gasteiger partial charge >= 0.3 is 0 Å². The maximum Gasteiger partial charge on any atom is 0.0846 e. The average Bonchev–Trinajstić information content (AvgIpc) is 2.02. The van der Waals surface area contributed by atoms with Gasteiger partial charge in [0.15, 0.2) is 0 Å². The second kappa shape index (κ2) is 3.48. The smallest absolute Gasteiger partial charge is 0.0846 e. The summed E-state index contributed by atoms with van der Waals surface area (Å²) in [5, 5.41) is 9.29. The molecule has 1 heterocycles. The Hall–Kier alpha value is -0.860. The number of aliphatic hydroxyl groups excluding tert-OH is 1. The van der Waals surface area contributed by atoms with Gasteiger partial charge in [0.1, 0.15) is 0 Å². The van der Waals surface area contributed by atoms with E-state index < -0.39 is 0 Å². The summed E-state index contributed by atoms with van der Waals surface area (Å²) < 4.78 is 5.35. The molecule has 1 aliphatic heterocycles. The van der Waals surface area contributed by atoms with Gasteiger partial charge < -0.3 is 9.84 Å². The van der Waals surface area contributed by atoms with Gasteiger partial charge in [-0.05, 0) is 18.1 Å². The number of hydrogen-bond donors (Lipinski definition) is 1. The van der Waals surface area contributed by atoms with Crippen molar-refractivity contribution in [1.82, 2.24) is 0 Å². The molecule has 2 atom stereocenters. The van der Waals surface area contributed by atoms with Crippen molar-refractivity contribution in [2.45, 2.75) is 25.6 Å². The van der Waals surface area contributed by atoms with Crippen molar-refractivity contribution in [3.63, 3.8) is 0 Å². The van der Waals surface area contributed by atoms with Gasteiger partial charge in [0, 0.05) is 6.42 Å². The normalized spacial score (nSPS) is 23.7. The molecule has 1 aromatic carbocycles. The Morgan fingerprint density at radius 1 is 1.38 bits per heavy atom. The van der Waals surface area contributed by atoms with Gasteiger partial charge in [-0.2, -0.15) is 0 Å². The van der Waals surface area contributed by atoms with E-state index in [-0.39, 0.29) is 6.10 Å². The number of benzene rings is 1. The van der Waals surface area contributed by atoms with Crippen molar-refractivity contribution >= 4 is 0 Å². The molecule has 1 N–H and O–H groups in total. The summed E-state index contributed by atoms with van der Waals surface area (Å²) in [5.74, 6) is 0. The molecule has 0 aliphatic carbocycles. The number of hydrogen-bond acceptors (Lipinski definition) is 2. The molecule has 70 valence electrons. The van der Waals surface area contributed by atoms with Crippen LogP contribution in [0.5, 0.6) is 0 Å². The van der Waals surface area contributed by atoms with Crippen LogP contribution in [0.15, 0.2) is 24.3 Å². The number of aliphatic hydroxyl groups is 1. The van der Waals surface area contributed by atoms with Crippen LogP contribution in [0.1, 0.15) is 36.7 Å². The molecule has 2 unspecified atom stereocenters. The average molecular weight is 178 g/mol. The third-order valence-electron chi connectivity index (χ3n) is 2.49. The van der Waals surface area contributed by atoms with Crippen molar-refractivity contribution in [3.05, 3.63) is 35.4 Å². The first-order valence-electron chi connectivity index (χ1n) is 4.67. The predicted molar refractivity (Wildman–Crippen MR) is 50.4 cm³/mol. The molecule has 2 rings (SSSR count). The van der Waals surface area contributed by atoms with Crippen molar-refractivity contribution in [2.75, 3.05) is 6.61 Å². The monoisotopic (exact) mass is 178 g/mol. The van der Waals surface area contributed by atoms with Crippen molar-refractivity contribution in [3.8, 4) is 0 Å². The molecule has 2 nitrogen and oxygen atoms in total. The van der Waals surface area contributed by atoms with Gasteiger partial charge in [0.25, 0.3) is 0 Å². The maximum atomic E-state index is 9.29. The molecule has 13 heavy (non-hydrogen) atoms. The first kappa shape index (κ1) is 8.73. The van der Waals surface area contributed by atoms with Gasteiger partial charge in [-0.25, -0.2) is 0 Å². The van der Waals surface area contributed by atoms with E-state index in [0.717, 1.165) is 18.6 Å². The molecule has 0 aromatic heterocycles. The second-order valence-electron chi connectivity index (χ2n) is 3.49. The molecule has 0 saturated carbocycles. The van der Waals surface area contributed by atoms with E-state index in [9.17, 15) is 5.11 Å². The molecule has 0 bridgehead atoms. The van der Waals surface area contributed by atoms with Gasteiger partial charge in [-0.3, -0.25) is 0 Å². The molecule has 1 aromatic rings. The largest absolute Gasteiger partial charge is 0.389 e. The lowest BCUT2D eigenvalue weighted by molar-refractivity contribution is -0.0527. The lowest BCUT2D eigenvalue weighted by Crippen LogP contribution is -2.18. The second-order valence-corrected chi connectivity index (χ2v) is 3.49. The van der Waals surface area contributed by atoms with E-state index in [1.807, 2.05) is 24.3 Å². The Kier molecular flexibility index (Phi) is 2.34. The molecule has 0 amide bonds. The zero-order chi connectivity index (χ0) is 9.26. The van der Waals surface area contributed by atoms with Crippen LogP contribution in [0.2, 0.25) is 0 Å². The third kappa shape index (κ3) is 1.74. The quantitative estimate of drug-likeness (QED) is 0.752. The molecular weight excluding hydrogens is 164 g/mol. The lowest BCUT2D eigenvalue weighted by atomic mass is 10.0. The van der Waals surface area contributed by atoms with Crippen LogP contribution in [0.3, 0.4) is 0 Å². The molecule has 1 fully saturated rings. The molecule has 0 spiro atoms. The summed E-state index contributed by atoms with van der Waals surface area (Å²) in [7, 11) is 0. The van der Waals surface area contributed by atoms with Crippen LogP contribution >= 0.6 is 0 Å². The summed E-state index contributed by atoms with van der Waals surface area (Å²) in [6.07, 6.45) is 1.04. The van der Waals surface area contributed by atoms with E-state index in [0.29, 0.717) is 6.10 Å². The van der Waals surface area contributed by atoms with E-state index in [4.69, 9.17) is 4.74 Å². The first-order valence-corrected chi connectivity index (χ1v) is 4.67. The van der Waals surface area contributed by atoms with E-state index in [1.165, 1.54) is 5.56 Å². The van der Waals surface area contributed by atoms with Crippen LogP contribution in [-0.2, 0) is 4.74 Å².